The Morgan fingerprint density at radius 3 is 1.87 bits per heavy atom. The lowest BCUT2D eigenvalue weighted by Gasteiger charge is -2.29. The van der Waals surface area contributed by atoms with Crippen LogP contribution in [0, 0.1) is 0 Å². The number of rotatable bonds is 13. The summed E-state index contributed by atoms with van der Waals surface area (Å²) in [4.78, 5) is 0. The molecule has 7 heteroatoms. The van der Waals surface area contributed by atoms with E-state index in [9.17, 15) is 0 Å². The van der Waals surface area contributed by atoms with Crippen molar-refractivity contribution < 1.29 is 18.0 Å². The zero-order chi connectivity index (χ0) is 18.1. The highest BCUT2D eigenvalue weighted by molar-refractivity contribution is 6.71. The van der Waals surface area contributed by atoms with E-state index in [2.05, 4.69) is 59.3 Å². The number of ether oxygens (including phenoxy) is 1. The molecule has 0 bridgehead atoms. The normalized spacial score (nSPS) is 15.0. The van der Waals surface area contributed by atoms with E-state index >= 15 is 0 Å². The summed E-state index contributed by atoms with van der Waals surface area (Å²) in [5, 5.41) is 0. The molecule has 0 aromatic carbocycles. The van der Waals surface area contributed by atoms with E-state index in [4.69, 9.17) is 18.0 Å². The molecule has 0 radical (unpaired) electrons. The van der Waals surface area contributed by atoms with E-state index < -0.39 is 25.0 Å². The fraction of sp³-hybridized carbons (Fsp3) is 1.00. The quantitative estimate of drug-likeness (QED) is 0.342. The smallest absolute Gasteiger partial charge is 0.186 e. The summed E-state index contributed by atoms with van der Waals surface area (Å²) in [5.74, 6) is 0. The lowest BCUT2D eigenvalue weighted by Crippen LogP contribution is -2.40. The SMILES string of the molecule is CCO[Si](C)(C)CCCOCC(CO[Si](C)(C)C)O[Si](C)(C)C. The van der Waals surface area contributed by atoms with Gasteiger partial charge in [-0.3, -0.25) is 0 Å². The van der Waals surface area contributed by atoms with Crippen LogP contribution in [0.2, 0.25) is 58.4 Å². The maximum Gasteiger partial charge on any atom is 0.186 e. The van der Waals surface area contributed by atoms with Gasteiger partial charge in [0.2, 0.25) is 0 Å². The third-order valence-corrected chi connectivity index (χ3v) is 7.83. The minimum Gasteiger partial charge on any atom is -0.418 e. The minimum absolute atomic E-state index is 0.0607. The lowest BCUT2D eigenvalue weighted by atomic mass is 10.4. The third-order valence-electron chi connectivity index (χ3n) is 3.13. The highest BCUT2D eigenvalue weighted by Crippen LogP contribution is 2.14. The summed E-state index contributed by atoms with van der Waals surface area (Å²) in [6, 6.07) is 1.14. The van der Waals surface area contributed by atoms with Crippen LogP contribution >= 0.6 is 0 Å². The Kier molecular flexibility index (Phi) is 10.7. The van der Waals surface area contributed by atoms with Crippen LogP contribution in [0.15, 0.2) is 0 Å². The van der Waals surface area contributed by atoms with Crippen LogP contribution in [-0.4, -0.2) is 57.5 Å². The molecule has 0 spiro atoms. The first-order chi connectivity index (χ1) is 10.3. The van der Waals surface area contributed by atoms with E-state index in [1.54, 1.807) is 0 Å². The van der Waals surface area contributed by atoms with Crippen molar-refractivity contribution in [2.45, 2.75) is 77.9 Å². The molecule has 4 nitrogen and oxygen atoms in total. The van der Waals surface area contributed by atoms with Gasteiger partial charge in [0.25, 0.3) is 0 Å². The molecule has 0 amide bonds. The lowest BCUT2D eigenvalue weighted by molar-refractivity contribution is 0.0202. The van der Waals surface area contributed by atoms with E-state index in [0.717, 1.165) is 25.7 Å². The Morgan fingerprint density at radius 1 is 0.783 bits per heavy atom. The van der Waals surface area contributed by atoms with Gasteiger partial charge in [-0.1, -0.05) is 0 Å². The first kappa shape index (κ1) is 23.5. The van der Waals surface area contributed by atoms with E-state index in [-0.39, 0.29) is 6.10 Å². The molecule has 1 atom stereocenters. The predicted molar refractivity (Wildman–Crippen MR) is 107 cm³/mol. The second kappa shape index (κ2) is 10.5. The maximum atomic E-state index is 6.21. The monoisotopic (exact) mass is 380 g/mol. The van der Waals surface area contributed by atoms with Crippen molar-refractivity contribution in [1.29, 1.82) is 0 Å². The second-order valence-electron chi connectivity index (χ2n) is 8.65. The van der Waals surface area contributed by atoms with Crippen LogP contribution in [0.25, 0.3) is 0 Å². The standard InChI is InChI=1S/C16H40O4Si3/c1-10-18-23(8,9)13-11-12-17-14-16(20-22(5,6)7)15-19-21(2,3)4/h16H,10-15H2,1-9H3. The van der Waals surface area contributed by atoms with Crippen molar-refractivity contribution >= 4 is 25.0 Å². The highest BCUT2D eigenvalue weighted by Gasteiger charge is 2.25. The molecular formula is C16H40O4Si3. The molecule has 0 aromatic heterocycles. The Labute approximate surface area is 147 Å². The Balaban J connectivity index is 4.14. The zero-order valence-corrected chi connectivity index (χ0v) is 20.0. The fourth-order valence-corrected chi connectivity index (χ4v) is 5.98. The van der Waals surface area contributed by atoms with Crippen molar-refractivity contribution in [3.05, 3.63) is 0 Å². The van der Waals surface area contributed by atoms with Gasteiger partial charge in [0.15, 0.2) is 25.0 Å². The van der Waals surface area contributed by atoms with Gasteiger partial charge in [-0.25, -0.2) is 0 Å². The predicted octanol–water partition coefficient (Wildman–Crippen LogP) is 4.71. The molecule has 1 unspecified atom stereocenters. The summed E-state index contributed by atoms with van der Waals surface area (Å²) in [6.07, 6.45) is 1.12. The fourth-order valence-electron chi connectivity index (χ4n) is 2.24. The molecule has 0 saturated carbocycles. The Bertz CT molecular complexity index is 311. The van der Waals surface area contributed by atoms with E-state index in [1.807, 2.05) is 0 Å². The first-order valence-electron chi connectivity index (χ1n) is 8.88. The van der Waals surface area contributed by atoms with Gasteiger partial charge in [-0.05, 0) is 71.8 Å². The van der Waals surface area contributed by atoms with Gasteiger partial charge in [0.1, 0.15) is 0 Å². The average Bonchev–Trinajstić information content (AvgIpc) is 2.32. The summed E-state index contributed by atoms with van der Waals surface area (Å²) < 4.78 is 24.0. The molecule has 0 aliphatic carbocycles. The van der Waals surface area contributed by atoms with Crippen LogP contribution in [0.5, 0.6) is 0 Å². The maximum absolute atomic E-state index is 6.21. The first-order valence-corrected chi connectivity index (χ1v) is 18.8. The molecule has 0 heterocycles. The summed E-state index contributed by atoms with van der Waals surface area (Å²) in [7, 11) is -4.58. The van der Waals surface area contributed by atoms with E-state index in [0.29, 0.717) is 13.2 Å². The minimum atomic E-state index is -1.58. The molecule has 140 valence electrons. The molecule has 0 N–H and O–H groups in total. The number of hydrogen-bond acceptors (Lipinski definition) is 4. The van der Waals surface area contributed by atoms with Crippen molar-refractivity contribution in [2.75, 3.05) is 26.4 Å². The van der Waals surface area contributed by atoms with Gasteiger partial charge >= 0.3 is 0 Å². The molecule has 0 aliphatic rings. The van der Waals surface area contributed by atoms with E-state index in [1.165, 1.54) is 0 Å². The highest BCUT2D eigenvalue weighted by atomic mass is 28.4. The van der Waals surface area contributed by atoms with Crippen LogP contribution in [0.3, 0.4) is 0 Å². The van der Waals surface area contributed by atoms with Crippen LogP contribution in [0.4, 0.5) is 0 Å². The molecule has 0 rings (SSSR count). The molecule has 0 saturated heterocycles. The van der Waals surface area contributed by atoms with Gasteiger partial charge in [0.05, 0.1) is 19.3 Å². The van der Waals surface area contributed by atoms with Crippen molar-refractivity contribution in [2.24, 2.45) is 0 Å². The molecule has 0 aliphatic heterocycles. The second-order valence-corrected chi connectivity index (χ2v) is 21.9. The van der Waals surface area contributed by atoms with Crippen LogP contribution < -0.4 is 0 Å². The van der Waals surface area contributed by atoms with Gasteiger partial charge in [-0.2, -0.15) is 0 Å². The van der Waals surface area contributed by atoms with Gasteiger partial charge in [0, 0.05) is 13.2 Å². The van der Waals surface area contributed by atoms with Crippen LogP contribution in [-0.2, 0) is 18.0 Å². The molecule has 0 fully saturated rings. The summed E-state index contributed by atoms with van der Waals surface area (Å²) in [6.45, 7) is 22.8. The molecular weight excluding hydrogens is 340 g/mol. The van der Waals surface area contributed by atoms with Crippen molar-refractivity contribution in [3.8, 4) is 0 Å². The third kappa shape index (κ3) is 15.7. The topological polar surface area (TPSA) is 36.9 Å². The van der Waals surface area contributed by atoms with Crippen molar-refractivity contribution in [3.63, 3.8) is 0 Å². The van der Waals surface area contributed by atoms with Gasteiger partial charge in [-0.15, -0.1) is 0 Å². The summed E-state index contributed by atoms with van der Waals surface area (Å²) >= 11 is 0. The Hall–Kier alpha value is 0.491. The van der Waals surface area contributed by atoms with Crippen molar-refractivity contribution in [1.82, 2.24) is 0 Å². The Morgan fingerprint density at radius 2 is 1.39 bits per heavy atom. The van der Waals surface area contributed by atoms with Gasteiger partial charge < -0.3 is 18.0 Å². The van der Waals surface area contributed by atoms with Crippen LogP contribution in [0.1, 0.15) is 13.3 Å². The number of hydrogen-bond donors (Lipinski definition) is 0. The largest absolute Gasteiger partial charge is 0.418 e. The molecule has 23 heavy (non-hydrogen) atoms. The zero-order valence-electron chi connectivity index (χ0n) is 17.0. The molecule has 0 aromatic rings. The summed E-state index contributed by atoms with van der Waals surface area (Å²) in [5.41, 5.74) is 0. The average molecular weight is 381 g/mol.